The highest BCUT2D eigenvalue weighted by atomic mass is 79.9. The van der Waals surface area contributed by atoms with Crippen LogP contribution in [0.5, 0.6) is 11.5 Å². The van der Waals surface area contributed by atoms with Crippen molar-refractivity contribution in [3.63, 3.8) is 0 Å². The molecule has 0 spiro atoms. The second-order valence-electron chi connectivity index (χ2n) is 4.56. The Morgan fingerprint density at radius 2 is 1.86 bits per heavy atom. The second-order valence-corrected chi connectivity index (χ2v) is 7.15. The van der Waals surface area contributed by atoms with Gasteiger partial charge in [0.15, 0.2) is 0 Å². The lowest BCUT2D eigenvalue weighted by Crippen LogP contribution is -2.25. The van der Waals surface area contributed by atoms with Crippen LogP contribution in [0.15, 0.2) is 28.7 Å². The molecular formula is C15H15BrClNO3S. The number of methoxy groups -OCH3 is 2. The van der Waals surface area contributed by atoms with Crippen molar-refractivity contribution in [1.29, 1.82) is 0 Å². The summed E-state index contributed by atoms with van der Waals surface area (Å²) >= 11 is 10.8. The average Bonchev–Trinajstić information content (AvgIpc) is 2.91. The van der Waals surface area contributed by atoms with E-state index in [0.29, 0.717) is 32.4 Å². The highest BCUT2D eigenvalue weighted by molar-refractivity contribution is 9.10. The third-order valence-corrected chi connectivity index (χ3v) is 5.06. The smallest absolute Gasteiger partial charge is 0.254 e. The summed E-state index contributed by atoms with van der Waals surface area (Å²) in [5, 5.41) is 0. The summed E-state index contributed by atoms with van der Waals surface area (Å²) in [5.74, 6) is 0.985. The maximum absolute atomic E-state index is 12.6. The molecule has 2 aromatic rings. The van der Waals surface area contributed by atoms with Crippen LogP contribution in [-0.4, -0.2) is 32.1 Å². The fourth-order valence-electron chi connectivity index (χ4n) is 1.96. The van der Waals surface area contributed by atoms with Gasteiger partial charge in [-0.2, -0.15) is 0 Å². The first-order chi connectivity index (χ1) is 10.5. The van der Waals surface area contributed by atoms with Crippen molar-refractivity contribution < 1.29 is 14.3 Å². The Labute approximate surface area is 146 Å². The van der Waals surface area contributed by atoms with E-state index >= 15 is 0 Å². The molecule has 0 N–H and O–H groups in total. The Balaban J connectivity index is 2.24. The summed E-state index contributed by atoms with van der Waals surface area (Å²) in [6.07, 6.45) is 0. The van der Waals surface area contributed by atoms with Gasteiger partial charge < -0.3 is 14.4 Å². The number of hydrogen-bond acceptors (Lipinski definition) is 4. The van der Waals surface area contributed by atoms with Crippen molar-refractivity contribution in [2.75, 3.05) is 21.3 Å². The number of thiophene rings is 1. The van der Waals surface area contributed by atoms with Crippen molar-refractivity contribution in [3.05, 3.63) is 43.5 Å². The Kier molecular flexibility index (Phi) is 5.72. The van der Waals surface area contributed by atoms with Gasteiger partial charge in [-0.25, -0.2) is 0 Å². The van der Waals surface area contributed by atoms with Gasteiger partial charge in [-0.15, -0.1) is 11.3 Å². The molecule has 2 rings (SSSR count). The van der Waals surface area contributed by atoms with Gasteiger partial charge >= 0.3 is 0 Å². The lowest BCUT2D eigenvalue weighted by atomic mass is 10.1. The van der Waals surface area contributed by atoms with Gasteiger partial charge in [-0.3, -0.25) is 4.79 Å². The summed E-state index contributed by atoms with van der Waals surface area (Å²) in [4.78, 5) is 15.2. The first-order valence-electron chi connectivity index (χ1n) is 6.37. The Bertz CT molecular complexity index is 664. The molecule has 1 amide bonds. The summed E-state index contributed by atoms with van der Waals surface area (Å²) < 4.78 is 11.9. The van der Waals surface area contributed by atoms with E-state index in [4.69, 9.17) is 21.1 Å². The minimum absolute atomic E-state index is 0.117. The zero-order valence-electron chi connectivity index (χ0n) is 12.4. The molecule has 0 aliphatic rings. The van der Waals surface area contributed by atoms with E-state index in [1.807, 2.05) is 12.1 Å². The molecule has 1 heterocycles. The molecule has 0 aliphatic heterocycles. The van der Waals surface area contributed by atoms with Crippen LogP contribution in [0.2, 0.25) is 4.34 Å². The number of nitrogens with zero attached hydrogens (tertiary/aromatic N) is 1. The predicted molar refractivity (Wildman–Crippen MR) is 92.4 cm³/mol. The molecule has 0 saturated heterocycles. The van der Waals surface area contributed by atoms with Gasteiger partial charge in [-0.1, -0.05) is 11.6 Å². The molecule has 0 atom stereocenters. The van der Waals surface area contributed by atoms with Gasteiger partial charge in [0.05, 0.1) is 25.1 Å². The number of ether oxygens (including phenoxy) is 2. The van der Waals surface area contributed by atoms with Crippen LogP contribution in [0.1, 0.15) is 15.2 Å². The number of amides is 1. The van der Waals surface area contributed by atoms with Gasteiger partial charge in [0, 0.05) is 17.5 Å². The maximum atomic E-state index is 12.6. The van der Waals surface area contributed by atoms with Crippen molar-refractivity contribution in [1.82, 2.24) is 4.90 Å². The summed E-state index contributed by atoms with van der Waals surface area (Å²) in [5.41, 5.74) is 0.502. The van der Waals surface area contributed by atoms with Crippen LogP contribution in [0.3, 0.4) is 0 Å². The first kappa shape index (κ1) is 17.1. The molecule has 1 aromatic carbocycles. The van der Waals surface area contributed by atoms with Crippen LogP contribution in [0, 0.1) is 0 Å². The standard InChI is InChI=1S/C15H15BrClNO3S/c1-18(8-10-4-5-13(17)22-10)15(19)9-6-11(20-2)14(16)12(7-9)21-3/h4-7H,8H2,1-3H3. The van der Waals surface area contributed by atoms with Crippen molar-refractivity contribution in [2.45, 2.75) is 6.54 Å². The van der Waals surface area contributed by atoms with Crippen LogP contribution < -0.4 is 9.47 Å². The lowest BCUT2D eigenvalue weighted by molar-refractivity contribution is 0.0785. The zero-order valence-corrected chi connectivity index (χ0v) is 15.5. The van der Waals surface area contributed by atoms with E-state index in [1.165, 1.54) is 11.3 Å². The Morgan fingerprint density at radius 3 is 2.32 bits per heavy atom. The zero-order chi connectivity index (χ0) is 16.3. The molecule has 0 radical (unpaired) electrons. The largest absolute Gasteiger partial charge is 0.495 e. The lowest BCUT2D eigenvalue weighted by Gasteiger charge is -2.18. The number of carbonyl (C=O) groups excluding carboxylic acids is 1. The SMILES string of the molecule is COc1cc(C(=O)N(C)Cc2ccc(Cl)s2)cc(OC)c1Br. The third kappa shape index (κ3) is 3.74. The maximum Gasteiger partial charge on any atom is 0.254 e. The molecule has 0 aliphatic carbocycles. The average molecular weight is 405 g/mol. The molecule has 0 unspecified atom stereocenters. The number of halogens is 2. The molecule has 0 fully saturated rings. The summed E-state index contributed by atoms with van der Waals surface area (Å²) in [6.45, 7) is 0.497. The molecule has 7 heteroatoms. The quantitative estimate of drug-likeness (QED) is 0.739. The Morgan fingerprint density at radius 1 is 1.27 bits per heavy atom. The van der Waals surface area contributed by atoms with Crippen LogP contribution in [0.25, 0.3) is 0 Å². The normalized spacial score (nSPS) is 10.4. The Hall–Kier alpha value is -1.24. The molecule has 22 heavy (non-hydrogen) atoms. The second kappa shape index (κ2) is 7.35. The van der Waals surface area contributed by atoms with E-state index in [2.05, 4.69) is 15.9 Å². The fourth-order valence-corrected chi connectivity index (χ4v) is 3.65. The number of hydrogen-bond donors (Lipinski definition) is 0. The van der Waals surface area contributed by atoms with E-state index in [-0.39, 0.29) is 5.91 Å². The predicted octanol–water partition coefficient (Wildman–Crippen LogP) is 4.45. The van der Waals surface area contributed by atoms with Gasteiger partial charge in [0.2, 0.25) is 0 Å². The topological polar surface area (TPSA) is 38.8 Å². The minimum atomic E-state index is -0.117. The summed E-state index contributed by atoms with van der Waals surface area (Å²) in [7, 11) is 4.84. The number of carbonyl (C=O) groups is 1. The highest BCUT2D eigenvalue weighted by Gasteiger charge is 2.18. The number of rotatable bonds is 5. The molecule has 0 bridgehead atoms. The molecule has 1 aromatic heterocycles. The molecule has 0 saturated carbocycles. The van der Waals surface area contributed by atoms with Crippen LogP contribution in [0.4, 0.5) is 0 Å². The first-order valence-corrected chi connectivity index (χ1v) is 8.36. The van der Waals surface area contributed by atoms with E-state index in [0.717, 1.165) is 4.88 Å². The molecular weight excluding hydrogens is 390 g/mol. The van der Waals surface area contributed by atoms with Gasteiger partial charge in [0.1, 0.15) is 16.0 Å². The summed E-state index contributed by atoms with van der Waals surface area (Å²) in [6, 6.07) is 7.12. The minimum Gasteiger partial charge on any atom is -0.495 e. The fraction of sp³-hybridized carbons (Fsp3) is 0.267. The van der Waals surface area contributed by atoms with E-state index in [1.54, 1.807) is 38.3 Å². The van der Waals surface area contributed by atoms with Crippen molar-refractivity contribution in [2.24, 2.45) is 0 Å². The van der Waals surface area contributed by atoms with E-state index in [9.17, 15) is 4.79 Å². The highest BCUT2D eigenvalue weighted by Crippen LogP contribution is 2.36. The third-order valence-electron chi connectivity index (χ3n) is 3.06. The van der Waals surface area contributed by atoms with Crippen molar-refractivity contribution >= 4 is 44.8 Å². The molecule has 118 valence electrons. The number of benzene rings is 1. The molecule has 4 nitrogen and oxygen atoms in total. The van der Waals surface area contributed by atoms with Crippen LogP contribution >= 0.6 is 38.9 Å². The van der Waals surface area contributed by atoms with E-state index < -0.39 is 0 Å². The monoisotopic (exact) mass is 403 g/mol. The van der Waals surface area contributed by atoms with Gasteiger partial charge in [-0.05, 0) is 40.2 Å². The van der Waals surface area contributed by atoms with Crippen molar-refractivity contribution in [3.8, 4) is 11.5 Å². The van der Waals surface area contributed by atoms with Gasteiger partial charge in [0.25, 0.3) is 5.91 Å². The van der Waals surface area contributed by atoms with Crippen LogP contribution in [-0.2, 0) is 6.54 Å².